The highest BCUT2D eigenvalue weighted by Gasteiger charge is 2.36. The lowest BCUT2D eigenvalue weighted by molar-refractivity contribution is -0.122. The van der Waals surface area contributed by atoms with Gasteiger partial charge in [0, 0.05) is 18.5 Å². The number of halogens is 1. The van der Waals surface area contributed by atoms with E-state index in [0.29, 0.717) is 13.1 Å². The molecule has 140 valence electrons. The molecule has 1 unspecified atom stereocenters. The second kappa shape index (κ2) is 8.52. The number of benzene rings is 1. The highest BCUT2D eigenvalue weighted by Crippen LogP contribution is 2.40. The quantitative estimate of drug-likeness (QED) is 0.814. The number of likely N-dealkylation sites (tertiary alicyclic amines) is 1. The number of nitrogens with two attached hydrogens (primary N) is 1. The van der Waals surface area contributed by atoms with Crippen molar-refractivity contribution in [3.63, 3.8) is 0 Å². The van der Waals surface area contributed by atoms with Crippen LogP contribution in [-0.2, 0) is 10.2 Å². The number of nitrogens with one attached hydrogen (secondary N) is 1. The van der Waals surface area contributed by atoms with E-state index in [1.807, 2.05) is 0 Å². The summed E-state index contributed by atoms with van der Waals surface area (Å²) >= 11 is 0. The molecular formula is C20H32ClN3O. The van der Waals surface area contributed by atoms with Gasteiger partial charge in [0.1, 0.15) is 0 Å². The number of amides is 1. The molecule has 1 atom stereocenters. The zero-order chi connectivity index (χ0) is 17.0. The second-order valence-corrected chi connectivity index (χ2v) is 8.11. The van der Waals surface area contributed by atoms with Crippen LogP contribution in [0.15, 0.2) is 30.3 Å². The minimum atomic E-state index is 0. The van der Waals surface area contributed by atoms with Gasteiger partial charge in [-0.05, 0) is 43.3 Å². The summed E-state index contributed by atoms with van der Waals surface area (Å²) in [5.41, 5.74) is 7.54. The molecule has 0 aromatic heterocycles. The van der Waals surface area contributed by atoms with Crippen molar-refractivity contribution in [2.24, 2.45) is 11.1 Å². The predicted octanol–water partition coefficient (Wildman–Crippen LogP) is 2.71. The summed E-state index contributed by atoms with van der Waals surface area (Å²) in [4.78, 5) is 14.7. The Labute approximate surface area is 157 Å². The lowest BCUT2D eigenvalue weighted by atomic mass is 9.79. The van der Waals surface area contributed by atoms with Gasteiger partial charge in [-0.2, -0.15) is 0 Å². The van der Waals surface area contributed by atoms with Crippen LogP contribution in [0.1, 0.15) is 44.6 Å². The van der Waals surface area contributed by atoms with Gasteiger partial charge < -0.3 is 11.1 Å². The zero-order valence-electron chi connectivity index (χ0n) is 15.3. The van der Waals surface area contributed by atoms with Crippen LogP contribution in [0, 0.1) is 5.41 Å². The molecule has 1 heterocycles. The normalized spacial score (nSPS) is 25.5. The average molecular weight is 366 g/mol. The number of hydrogen-bond acceptors (Lipinski definition) is 3. The number of carbonyl (C=O) groups excluding carboxylic acids is 1. The fourth-order valence-corrected chi connectivity index (χ4v) is 4.37. The molecule has 1 saturated carbocycles. The molecule has 2 aliphatic rings. The first-order chi connectivity index (χ1) is 11.6. The van der Waals surface area contributed by atoms with E-state index in [1.54, 1.807) is 0 Å². The minimum absolute atomic E-state index is 0. The zero-order valence-corrected chi connectivity index (χ0v) is 16.1. The molecule has 1 aliphatic heterocycles. The molecule has 4 nitrogen and oxygen atoms in total. The molecule has 5 heteroatoms. The maximum atomic E-state index is 12.4. The number of nitrogens with zero attached hydrogens (tertiary/aromatic N) is 1. The molecule has 1 aromatic carbocycles. The van der Waals surface area contributed by atoms with E-state index >= 15 is 0 Å². The van der Waals surface area contributed by atoms with E-state index < -0.39 is 0 Å². The standard InChI is InChI=1S/C20H31N3O.ClH/c1-19(14-21)11-12-23(16-19)13-18(24)22-15-20(9-5-6-10-20)17-7-3-2-4-8-17;/h2-4,7-8H,5-6,9-16,21H2,1H3,(H,22,24);1H. The van der Waals surface area contributed by atoms with E-state index in [0.717, 1.165) is 26.1 Å². The van der Waals surface area contributed by atoms with Crippen LogP contribution < -0.4 is 11.1 Å². The number of carbonyl (C=O) groups is 1. The smallest absolute Gasteiger partial charge is 0.234 e. The van der Waals surface area contributed by atoms with E-state index in [1.165, 1.54) is 31.2 Å². The van der Waals surface area contributed by atoms with Gasteiger partial charge >= 0.3 is 0 Å². The molecule has 0 bridgehead atoms. The van der Waals surface area contributed by atoms with Crippen molar-refractivity contribution in [2.45, 2.75) is 44.4 Å². The Morgan fingerprint density at radius 3 is 2.48 bits per heavy atom. The Morgan fingerprint density at radius 2 is 1.88 bits per heavy atom. The third-order valence-corrected chi connectivity index (χ3v) is 6.07. The molecule has 0 radical (unpaired) electrons. The number of rotatable bonds is 6. The summed E-state index contributed by atoms with van der Waals surface area (Å²) in [6, 6.07) is 10.7. The Kier molecular flexibility index (Phi) is 6.89. The van der Waals surface area contributed by atoms with Crippen molar-refractivity contribution in [1.82, 2.24) is 10.2 Å². The van der Waals surface area contributed by atoms with Gasteiger partial charge in [-0.25, -0.2) is 0 Å². The largest absolute Gasteiger partial charge is 0.354 e. The van der Waals surface area contributed by atoms with Crippen molar-refractivity contribution in [3.05, 3.63) is 35.9 Å². The molecular weight excluding hydrogens is 334 g/mol. The average Bonchev–Trinajstić information content (AvgIpc) is 3.22. The summed E-state index contributed by atoms with van der Waals surface area (Å²) in [5, 5.41) is 3.22. The maximum absolute atomic E-state index is 12.4. The molecule has 1 aromatic rings. The van der Waals surface area contributed by atoms with E-state index in [9.17, 15) is 4.79 Å². The highest BCUT2D eigenvalue weighted by atomic mass is 35.5. The molecule has 1 amide bonds. The lowest BCUT2D eigenvalue weighted by Crippen LogP contribution is -2.43. The monoisotopic (exact) mass is 365 g/mol. The molecule has 25 heavy (non-hydrogen) atoms. The first kappa shape index (κ1) is 20.2. The van der Waals surface area contributed by atoms with Crippen molar-refractivity contribution < 1.29 is 4.79 Å². The molecule has 1 saturated heterocycles. The van der Waals surface area contributed by atoms with Crippen LogP contribution in [0.25, 0.3) is 0 Å². The van der Waals surface area contributed by atoms with Gasteiger partial charge in [0.05, 0.1) is 6.54 Å². The van der Waals surface area contributed by atoms with Crippen LogP contribution in [0.4, 0.5) is 0 Å². The van der Waals surface area contributed by atoms with E-state index in [2.05, 4.69) is 47.5 Å². The van der Waals surface area contributed by atoms with Gasteiger partial charge in [-0.3, -0.25) is 9.69 Å². The van der Waals surface area contributed by atoms with Crippen LogP contribution in [-0.4, -0.2) is 43.5 Å². The van der Waals surface area contributed by atoms with Crippen LogP contribution in [0.2, 0.25) is 0 Å². The van der Waals surface area contributed by atoms with Crippen LogP contribution in [0.3, 0.4) is 0 Å². The highest BCUT2D eigenvalue weighted by molar-refractivity contribution is 5.85. The third-order valence-electron chi connectivity index (χ3n) is 6.07. The second-order valence-electron chi connectivity index (χ2n) is 8.11. The van der Waals surface area contributed by atoms with Gasteiger partial charge in [-0.1, -0.05) is 50.1 Å². The summed E-state index contributed by atoms with van der Waals surface area (Å²) in [6.45, 7) is 6.08. The fourth-order valence-electron chi connectivity index (χ4n) is 4.37. The lowest BCUT2D eigenvalue weighted by Gasteiger charge is -2.30. The first-order valence-electron chi connectivity index (χ1n) is 9.30. The summed E-state index contributed by atoms with van der Waals surface area (Å²) in [7, 11) is 0. The third kappa shape index (κ3) is 4.75. The summed E-state index contributed by atoms with van der Waals surface area (Å²) in [6.07, 6.45) is 5.95. The maximum Gasteiger partial charge on any atom is 0.234 e. The van der Waals surface area contributed by atoms with E-state index in [-0.39, 0.29) is 29.1 Å². The Hall–Kier alpha value is -1.10. The Morgan fingerprint density at radius 1 is 1.20 bits per heavy atom. The number of hydrogen-bond donors (Lipinski definition) is 2. The summed E-state index contributed by atoms with van der Waals surface area (Å²) in [5.74, 6) is 0.151. The van der Waals surface area contributed by atoms with Gasteiger partial charge in [0.2, 0.25) is 5.91 Å². The van der Waals surface area contributed by atoms with Crippen molar-refractivity contribution in [2.75, 3.05) is 32.7 Å². The van der Waals surface area contributed by atoms with Gasteiger partial charge in [0.15, 0.2) is 0 Å². The van der Waals surface area contributed by atoms with E-state index in [4.69, 9.17) is 5.73 Å². The van der Waals surface area contributed by atoms with Crippen molar-refractivity contribution in [1.29, 1.82) is 0 Å². The molecule has 2 fully saturated rings. The first-order valence-corrected chi connectivity index (χ1v) is 9.30. The Balaban J connectivity index is 0.00000225. The topological polar surface area (TPSA) is 58.4 Å². The van der Waals surface area contributed by atoms with Gasteiger partial charge in [0.25, 0.3) is 0 Å². The van der Waals surface area contributed by atoms with Crippen LogP contribution in [0.5, 0.6) is 0 Å². The molecule has 3 N–H and O–H groups in total. The van der Waals surface area contributed by atoms with Crippen molar-refractivity contribution >= 4 is 18.3 Å². The van der Waals surface area contributed by atoms with Gasteiger partial charge in [-0.15, -0.1) is 12.4 Å². The predicted molar refractivity (Wildman–Crippen MR) is 105 cm³/mol. The molecule has 0 spiro atoms. The molecule has 1 aliphatic carbocycles. The summed E-state index contributed by atoms with van der Waals surface area (Å²) < 4.78 is 0. The fraction of sp³-hybridized carbons (Fsp3) is 0.650. The molecule has 3 rings (SSSR count). The van der Waals surface area contributed by atoms with Crippen molar-refractivity contribution in [3.8, 4) is 0 Å². The Bertz CT molecular complexity index is 559. The minimum Gasteiger partial charge on any atom is -0.354 e. The van der Waals surface area contributed by atoms with Crippen LogP contribution >= 0.6 is 12.4 Å². The SMILES string of the molecule is CC1(CN)CCN(CC(=O)NCC2(c3ccccc3)CCCC2)C1.Cl.